The van der Waals surface area contributed by atoms with Crippen molar-refractivity contribution >= 4 is 21.8 Å². The number of hydrogen-bond donors (Lipinski definition) is 0. The van der Waals surface area contributed by atoms with Crippen molar-refractivity contribution in [1.29, 1.82) is 0 Å². The molecular formula is C12H22BrNO. The summed E-state index contributed by atoms with van der Waals surface area (Å²) in [6.45, 7) is 8.53. The molecule has 0 aromatic heterocycles. The van der Waals surface area contributed by atoms with Gasteiger partial charge in [0.25, 0.3) is 0 Å². The Kier molecular flexibility index (Phi) is 5.10. The number of carbonyl (C=O) groups is 1. The number of carbonyl (C=O) groups excluding carboxylic acids is 1. The molecule has 1 rings (SSSR count). The maximum absolute atomic E-state index is 11.7. The number of alkyl halides is 1. The largest absolute Gasteiger partial charge is 0.342 e. The van der Waals surface area contributed by atoms with Crippen LogP contribution in [-0.2, 0) is 4.79 Å². The highest BCUT2D eigenvalue weighted by atomic mass is 79.9. The topological polar surface area (TPSA) is 20.3 Å². The van der Waals surface area contributed by atoms with Crippen molar-refractivity contribution in [2.45, 2.75) is 33.6 Å². The first-order valence-corrected chi connectivity index (χ1v) is 7.04. The third-order valence-corrected chi connectivity index (χ3v) is 4.30. The first-order valence-electron chi connectivity index (χ1n) is 5.92. The van der Waals surface area contributed by atoms with Gasteiger partial charge in [0.1, 0.15) is 0 Å². The van der Waals surface area contributed by atoms with E-state index in [9.17, 15) is 4.79 Å². The molecule has 2 atom stereocenters. The highest BCUT2D eigenvalue weighted by Crippen LogP contribution is 2.24. The van der Waals surface area contributed by atoms with Gasteiger partial charge >= 0.3 is 0 Å². The van der Waals surface area contributed by atoms with Crippen LogP contribution in [0, 0.1) is 17.8 Å². The molecule has 1 fully saturated rings. The lowest BCUT2D eigenvalue weighted by Gasteiger charge is -2.25. The minimum atomic E-state index is 0.355. The molecule has 2 nitrogen and oxygen atoms in total. The number of amides is 1. The Labute approximate surface area is 102 Å². The van der Waals surface area contributed by atoms with Gasteiger partial charge in [-0.3, -0.25) is 4.79 Å². The predicted molar refractivity (Wildman–Crippen MR) is 67.1 cm³/mol. The van der Waals surface area contributed by atoms with Crippen LogP contribution in [0.15, 0.2) is 0 Å². The molecule has 1 aliphatic rings. The average Bonchev–Trinajstić information content (AvgIpc) is 2.55. The Hall–Kier alpha value is -0.0500. The summed E-state index contributed by atoms with van der Waals surface area (Å²) in [5.41, 5.74) is 0. The van der Waals surface area contributed by atoms with Crippen LogP contribution in [0.25, 0.3) is 0 Å². The van der Waals surface area contributed by atoms with E-state index in [1.165, 1.54) is 0 Å². The summed E-state index contributed by atoms with van der Waals surface area (Å²) in [5, 5.41) is 0.991. The van der Waals surface area contributed by atoms with Crippen LogP contribution in [0.3, 0.4) is 0 Å². The van der Waals surface area contributed by atoms with E-state index in [2.05, 4.69) is 41.6 Å². The van der Waals surface area contributed by atoms with Gasteiger partial charge in [-0.2, -0.15) is 0 Å². The maximum atomic E-state index is 11.7. The summed E-state index contributed by atoms with van der Waals surface area (Å²) in [4.78, 5) is 13.8. The van der Waals surface area contributed by atoms with Crippen molar-refractivity contribution in [1.82, 2.24) is 4.90 Å². The Balaban J connectivity index is 2.47. The van der Waals surface area contributed by atoms with Gasteiger partial charge in [0.2, 0.25) is 5.91 Å². The van der Waals surface area contributed by atoms with Crippen molar-refractivity contribution in [2.24, 2.45) is 17.8 Å². The lowest BCUT2D eigenvalue weighted by Crippen LogP contribution is -2.33. The molecule has 2 unspecified atom stereocenters. The number of halogens is 1. The van der Waals surface area contributed by atoms with Gasteiger partial charge < -0.3 is 4.90 Å². The molecule has 1 aliphatic heterocycles. The smallest absolute Gasteiger partial charge is 0.222 e. The van der Waals surface area contributed by atoms with E-state index < -0.39 is 0 Å². The number of rotatable bonds is 5. The molecule has 1 heterocycles. The van der Waals surface area contributed by atoms with Crippen LogP contribution < -0.4 is 0 Å². The zero-order chi connectivity index (χ0) is 11.4. The second-order valence-corrected chi connectivity index (χ2v) is 5.58. The van der Waals surface area contributed by atoms with Crippen molar-refractivity contribution in [3.8, 4) is 0 Å². The lowest BCUT2D eigenvalue weighted by atomic mass is 9.97. The Morgan fingerprint density at radius 3 is 2.60 bits per heavy atom. The highest BCUT2D eigenvalue weighted by Gasteiger charge is 2.30. The van der Waals surface area contributed by atoms with E-state index in [1.807, 2.05) is 0 Å². The van der Waals surface area contributed by atoms with Gasteiger partial charge in [-0.15, -0.1) is 0 Å². The average molecular weight is 276 g/mol. The minimum Gasteiger partial charge on any atom is -0.342 e. The summed E-state index contributed by atoms with van der Waals surface area (Å²) in [5.74, 6) is 2.18. The molecule has 0 aliphatic carbocycles. The number of likely N-dealkylation sites (tertiary alicyclic amines) is 1. The summed E-state index contributed by atoms with van der Waals surface area (Å²) in [6, 6.07) is 0. The van der Waals surface area contributed by atoms with Crippen LogP contribution in [0.5, 0.6) is 0 Å². The summed E-state index contributed by atoms with van der Waals surface area (Å²) < 4.78 is 0. The molecule has 1 amide bonds. The van der Waals surface area contributed by atoms with Gasteiger partial charge in [0, 0.05) is 24.8 Å². The molecule has 88 valence electrons. The van der Waals surface area contributed by atoms with Crippen LogP contribution in [0.4, 0.5) is 0 Å². The summed E-state index contributed by atoms with van der Waals surface area (Å²) in [6.07, 6.45) is 1.90. The molecule has 3 heteroatoms. The van der Waals surface area contributed by atoms with E-state index in [4.69, 9.17) is 0 Å². The van der Waals surface area contributed by atoms with Gasteiger partial charge in [0.05, 0.1) is 0 Å². The van der Waals surface area contributed by atoms with Crippen LogP contribution in [0.1, 0.15) is 33.6 Å². The van der Waals surface area contributed by atoms with Crippen molar-refractivity contribution < 1.29 is 4.79 Å². The van der Waals surface area contributed by atoms with Crippen LogP contribution in [-0.4, -0.2) is 29.2 Å². The standard InChI is InChI=1S/C12H22BrNO/c1-4-10-5-12(15)14(7-10)8-11(6-13)9(2)3/h9-11H,4-8H2,1-3H3. The maximum Gasteiger partial charge on any atom is 0.222 e. The molecule has 0 spiro atoms. The van der Waals surface area contributed by atoms with E-state index >= 15 is 0 Å². The van der Waals surface area contributed by atoms with Gasteiger partial charge in [0.15, 0.2) is 0 Å². The fourth-order valence-corrected chi connectivity index (χ4v) is 2.98. The molecule has 1 saturated heterocycles. The molecule has 15 heavy (non-hydrogen) atoms. The molecule has 0 saturated carbocycles. The Morgan fingerprint density at radius 1 is 1.53 bits per heavy atom. The minimum absolute atomic E-state index is 0.355. The van der Waals surface area contributed by atoms with Crippen LogP contribution >= 0.6 is 15.9 Å². The molecule has 0 radical (unpaired) electrons. The van der Waals surface area contributed by atoms with Gasteiger partial charge in [-0.1, -0.05) is 43.1 Å². The SMILES string of the molecule is CCC1CC(=O)N(CC(CBr)C(C)C)C1. The molecule has 0 N–H and O–H groups in total. The quantitative estimate of drug-likeness (QED) is 0.707. The van der Waals surface area contributed by atoms with E-state index in [0.717, 1.165) is 31.3 Å². The Bertz CT molecular complexity index is 218. The van der Waals surface area contributed by atoms with E-state index in [1.54, 1.807) is 0 Å². The first kappa shape index (κ1) is 13.0. The van der Waals surface area contributed by atoms with Crippen molar-refractivity contribution in [3.05, 3.63) is 0 Å². The zero-order valence-corrected chi connectivity index (χ0v) is 11.6. The molecule has 0 aromatic rings. The first-order chi connectivity index (χ1) is 7.08. The van der Waals surface area contributed by atoms with E-state index in [0.29, 0.717) is 23.7 Å². The number of hydrogen-bond acceptors (Lipinski definition) is 1. The third-order valence-electron chi connectivity index (χ3n) is 3.47. The van der Waals surface area contributed by atoms with Gasteiger partial charge in [-0.05, 0) is 17.8 Å². The molecule has 0 bridgehead atoms. The fraction of sp³-hybridized carbons (Fsp3) is 0.917. The Morgan fingerprint density at radius 2 is 2.20 bits per heavy atom. The third kappa shape index (κ3) is 3.47. The second-order valence-electron chi connectivity index (χ2n) is 4.94. The van der Waals surface area contributed by atoms with Crippen molar-refractivity contribution in [2.75, 3.05) is 18.4 Å². The summed E-state index contributed by atoms with van der Waals surface area (Å²) in [7, 11) is 0. The molecular weight excluding hydrogens is 254 g/mol. The monoisotopic (exact) mass is 275 g/mol. The zero-order valence-electron chi connectivity index (χ0n) is 10.0. The van der Waals surface area contributed by atoms with Crippen molar-refractivity contribution in [3.63, 3.8) is 0 Å². The predicted octanol–water partition coefficient (Wildman–Crippen LogP) is 2.91. The highest BCUT2D eigenvalue weighted by molar-refractivity contribution is 9.09. The van der Waals surface area contributed by atoms with Gasteiger partial charge in [-0.25, -0.2) is 0 Å². The summed E-state index contributed by atoms with van der Waals surface area (Å²) >= 11 is 3.54. The fourth-order valence-electron chi connectivity index (χ4n) is 2.02. The normalized spacial score (nSPS) is 23.9. The molecule has 0 aromatic carbocycles. The second kappa shape index (κ2) is 5.88. The van der Waals surface area contributed by atoms with E-state index in [-0.39, 0.29) is 0 Å². The number of nitrogens with zero attached hydrogens (tertiary/aromatic N) is 1. The van der Waals surface area contributed by atoms with Crippen LogP contribution in [0.2, 0.25) is 0 Å². The lowest BCUT2D eigenvalue weighted by molar-refractivity contribution is -0.128.